The minimum absolute atomic E-state index is 0.185. The number of aromatic nitrogens is 2. The first-order valence-corrected chi connectivity index (χ1v) is 5.66. The second kappa shape index (κ2) is 4.20. The zero-order valence-corrected chi connectivity index (χ0v) is 10.4. The molecule has 2 nitrogen and oxygen atoms in total. The summed E-state index contributed by atoms with van der Waals surface area (Å²) in [6.07, 6.45) is 0. The third-order valence-corrected chi connectivity index (χ3v) is 3.21. The van der Waals surface area contributed by atoms with Crippen LogP contribution in [0.25, 0.3) is 0 Å². The quantitative estimate of drug-likeness (QED) is 0.329. The van der Waals surface area contributed by atoms with E-state index in [2.05, 4.69) is 48.5 Å². The summed E-state index contributed by atoms with van der Waals surface area (Å²) in [5.41, 5.74) is 0.815. The van der Waals surface area contributed by atoms with Gasteiger partial charge in [-0.2, -0.15) is 0 Å². The van der Waals surface area contributed by atoms with Gasteiger partial charge in [0.15, 0.2) is 0 Å². The lowest BCUT2D eigenvalue weighted by Crippen LogP contribution is -1.92. The van der Waals surface area contributed by atoms with E-state index in [0.717, 1.165) is 14.6 Å². The van der Waals surface area contributed by atoms with Crippen molar-refractivity contribution in [2.24, 2.45) is 0 Å². The van der Waals surface area contributed by atoms with Crippen LogP contribution in [0.15, 0.2) is 4.47 Å². The Bertz CT molecular complexity index is 281. The Hall–Kier alpha value is 0.870. The van der Waals surface area contributed by atoms with E-state index in [9.17, 15) is 0 Å². The molecule has 0 bridgehead atoms. The number of halogens is 4. The molecule has 0 unspecified atom stereocenters. The van der Waals surface area contributed by atoms with Gasteiger partial charge < -0.3 is 0 Å². The molecule has 0 radical (unpaired) electrons. The van der Waals surface area contributed by atoms with Crippen molar-refractivity contribution in [1.82, 2.24) is 9.97 Å². The van der Waals surface area contributed by atoms with Gasteiger partial charge in [-0.3, -0.25) is 0 Å². The number of alkyl halides is 1. The van der Waals surface area contributed by atoms with Crippen LogP contribution in [0.1, 0.15) is 5.69 Å². The van der Waals surface area contributed by atoms with Crippen LogP contribution in [0.2, 0.25) is 10.4 Å². The molecule has 0 saturated carbocycles. The van der Waals surface area contributed by atoms with E-state index in [1.165, 1.54) is 0 Å². The van der Waals surface area contributed by atoms with Crippen molar-refractivity contribution in [1.29, 1.82) is 0 Å². The van der Waals surface area contributed by atoms with E-state index in [-0.39, 0.29) is 5.28 Å². The van der Waals surface area contributed by atoms with Crippen molar-refractivity contribution in [2.45, 2.75) is 4.43 Å². The highest BCUT2D eigenvalue weighted by Gasteiger charge is 2.07. The van der Waals surface area contributed by atoms with Crippen LogP contribution in [0.5, 0.6) is 0 Å². The molecule has 0 aromatic carbocycles. The molecule has 0 aliphatic heterocycles. The summed E-state index contributed by atoms with van der Waals surface area (Å²) in [7, 11) is 0. The first-order chi connectivity index (χ1) is 5.15. The average Bonchev–Trinajstić information content (AvgIpc) is 1.96. The molecule has 0 N–H and O–H groups in total. The third-order valence-electron chi connectivity index (χ3n) is 0.979. The summed E-state index contributed by atoms with van der Waals surface area (Å²) in [4.78, 5) is 7.72. The number of rotatable bonds is 1. The van der Waals surface area contributed by atoms with Gasteiger partial charge in [-0.25, -0.2) is 9.97 Å². The van der Waals surface area contributed by atoms with E-state index < -0.39 is 0 Å². The second-order valence-corrected chi connectivity index (χ2v) is 3.93. The van der Waals surface area contributed by atoms with Crippen molar-refractivity contribution >= 4 is 61.7 Å². The predicted molar refractivity (Wildman–Crippen MR) is 57.5 cm³/mol. The lowest BCUT2D eigenvalue weighted by atomic mass is 10.5. The smallest absolute Gasteiger partial charge is 0.221 e. The van der Waals surface area contributed by atoms with Crippen molar-refractivity contribution in [3.8, 4) is 0 Å². The highest BCUT2D eigenvalue weighted by atomic mass is 127. The van der Waals surface area contributed by atoms with Crippen LogP contribution < -0.4 is 0 Å². The molecule has 0 spiro atoms. The molecule has 0 saturated heterocycles. The Morgan fingerprint density at radius 3 is 2.55 bits per heavy atom. The fourth-order valence-corrected chi connectivity index (χ4v) is 2.34. The SMILES string of the molecule is Clc1nc(Cl)c(Br)c(CI)n1. The molecule has 0 atom stereocenters. The summed E-state index contributed by atoms with van der Waals surface area (Å²) in [5.74, 6) is 0. The minimum Gasteiger partial charge on any atom is -0.221 e. The van der Waals surface area contributed by atoms with Crippen LogP contribution in [0.3, 0.4) is 0 Å². The van der Waals surface area contributed by atoms with Gasteiger partial charge in [0.1, 0.15) is 5.15 Å². The average molecular weight is 368 g/mol. The molecule has 0 aliphatic rings. The van der Waals surface area contributed by atoms with Crippen molar-refractivity contribution < 1.29 is 0 Å². The van der Waals surface area contributed by atoms with Gasteiger partial charge in [0.25, 0.3) is 0 Å². The molecule has 11 heavy (non-hydrogen) atoms. The minimum atomic E-state index is 0.185. The number of nitrogens with zero attached hydrogens (tertiary/aromatic N) is 2. The van der Waals surface area contributed by atoms with Crippen LogP contribution in [0.4, 0.5) is 0 Å². The molecule has 0 fully saturated rings. The maximum absolute atomic E-state index is 5.71. The molecule has 1 heterocycles. The zero-order chi connectivity index (χ0) is 8.43. The van der Waals surface area contributed by atoms with E-state index in [4.69, 9.17) is 23.2 Å². The molecular weight excluding hydrogens is 366 g/mol. The summed E-state index contributed by atoms with van der Waals surface area (Å²) < 4.78 is 1.47. The van der Waals surface area contributed by atoms with Crippen molar-refractivity contribution in [3.05, 3.63) is 20.6 Å². The second-order valence-electron chi connectivity index (χ2n) is 1.68. The van der Waals surface area contributed by atoms with E-state index in [1.807, 2.05) is 0 Å². The summed E-state index contributed by atoms with van der Waals surface area (Å²) >= 11 is 16.7. The maximum Gasteiger partial charge on any atom is 0.224 e. The zero-order valence-electron chi connectivity index (χ0n) is 5.11. The fraction of sp³-hybridized carbons (Fsp3) is 0.200. The molecule has 60 valence electrons. The van der Waals surface area contributed by atoms with E-state index in [0.29, 0.717) is 5.15 Å². The summed E-state index contributed by atoms with van der Waals surface area (Å²) in [6, 6.07) is 0. The maximum atomic E-state index is 5.71. The first kappa shape index (κ1) is 9.95. The van der Waals surface area contributed by atoms with Gasteiger partial charge in [0.2, 0.25) is 5.28 Å². The molecule has 1 aromatic rings. The Morgan fingerprint density at radius 2 is 2.00 bits per heavy atom. The predicted octanol–water partition coefficient (Wildman–Crippen LogP) is 3.48. The van der Waals surface area contributed by atoms with Crippen molar-refractivity contribution in [2.75, 3.05) is 0 Å². The molecule has 0 amide bonds. The first-order valence-electron chi connectivity index (χ1n) is 2.58. The van der Waals surface area contributed by atoms with Gasteiger partial charge >= 0.3 is 0 Å². The Kier molecular flexibility index (Phi) is 3.80. The van der Waals surface area contributed by atoms with Gasteiger partial charge in [-0.05, 0) is 27.5 Å². The largest absolute Gasteiger partial charge is 0.224 e. The lowest BCUT2D eigenvalue weighted by Gasteiger charge is -2.00. The van der Waals surface area contributed by atoms with Gasteiger partial charge in [-0.1, -0.05) is 34.2 Å². The van der Waals surface area contributed by atoms with Crippen LogP contribution >= 0.6 is 61.7 Å². The third kappa shape index (κ3) is 2.40. The Labute approximate surface area is 96.0 Å². The van der Waals surface area contributed by atoms with Gasteiger partial charge in [0.05, 0.1) is 10.2 Å². The fourth-order valence-electron chi connectivity index (χ4n) is 0.523. The molecule has 6 heteroatoms. The van der Waals surface area contributed by atoms with Crippen LogP contribution in [0, 0.1) is 0 Å². The number of hydrogen-bond acceptors (Lipinski definition) is 2. The highest BCUT2D eigenvalue weighted by molar-refractivity contribution is 14.1. The van der Waals surface area contributed by atoms with Crippen molar-refractivity contribution in [3.63, 3.8) is 0 Å². The molecule has 1 aromatic heterocycles. The Morgan fingerprint density at radius 1 is 1.36 bits per heavy atom. The lowest BCUT2D eigenvalue weighted by molar-refractivity contribution is 1.08. The van der Waals surface area contributed by atoms with Crippen LogP contribution in [-0.2, 0) is 4.43 Å². The normalized spacial score (nSPS) is 10.2. The van der Waals surface area contributed by atoms with E-state index >= 15 is 0 Å². The number of hydrogen-bond donors (Lipinski definition) is 0. The van der Waals surface area contributed by atoms with Gasteiger partial charge in [0, 0.05) is 4.43 Å². The van der Waals surface area contributed by atoms with Crippen LogP contribution in [-0.4, -0.2) is 9.97 Å². The Balaban J connectivity index is 3.24. The highest BCUT2D eigenvalue weighted by Crippen LogP contribution is 2.25. The van der Waals surface area contributed by atoms with E-state index in [1.54, 1.807) is 0 Å². The summed E-state index contributed by atoms with van der Waals surface area (Å²) in [5, 5.41) is 0.543. The summed E-state index contributed by atoms with van der Waals surface area (Å²) in [6.45, 7) is 0. The van der Waals surface area contributed by atoms with Gasteiger partial charge in [-0.15, -0.1) is 0 Å². The standard InChI is InChI=1S/C5H2BrCl2IN2/c6-3-2(1-9)10-5(8)11-4(3)7/h1H2. The molecular formula is C5H2BrCl2IN2. The molecule has 0 aliphatic carbocycles. The topological polar surface area (TPSA) is 25.8 Å². The molecule has 1 rings (SSSR count). The monoisotopic (exact) mass is 366 g/mol.